The normalized spacial score (nSPS) is 17.9. The second kappa shape index (κ2) is 8.73. The van der Waals surface area contributed by atoms with Crippen LogP contribution >= 0.6 is 11.6 Å². The first-order chi connectivity index (χ1) is 16.0. The SMILES string of the molecule is Cc1ccc(C(C)(C)C)cc1/C(O)=C1\C(=O)C(=O)N(c2ccc(F)cc2)C1c1ccc(Cl)cc1. The van der Waals surface area contributed by atoms with Crippen LogP contribution < -0.4 is 4.90 Å². The molecule has 3 aromatic rings. The standard InChI is InChI=1S/C28H25ClFNO3/c1-16-5-8-18(28(2,3)4)15-22(16)25(32)23-24(17-6-9-19(29)10-7-17)31(27(34)26(23)33)21-13-11-20(30)12-14-21/h5-15,24,32H,1-4H3/b25-23+. The average molecular weight is 478 g/mol. The number of benzene rings is 3. The Kier molecular flexibility index (Phi) is 6.09. The van der Waals surface area contributed by atoms with Crippen molar-refractivity contribution in [2.24, 2.45) is 0 Å². The van der Waals surface area contributed by atoms with E-state index in [9.17, 15) is 19.1 Å². The van der Waals surface area contributed by atoms with Crippen molar-refractivity contribution < 1.29 is 19.1 Å². The minimum absolute atomic E-state index is 0.0224. The zero-order valence-corrected chi connectivity index (χ0v) is 20.2. The Morgan fingerprint density at radius 3 is 2.18 bits per heavy atom. The van der Waals surface area contributed by atoms with Gasteiger partial charge in [-0.25, -0.2) is 4.39 Å². The zero-order chi connectivity index (χ0) is 24.8. The third kappa shape index (κ3) is 4.24. The van der Waals surface area contributed by atoms with E-state index >= 15 is 0 Å². The average Bonchev–Trinajstić information content (AvgIpc) is 3.04. The smallest absolute Gasteiger partial charge is 0.300 e. The summed E-state index contributed by atoms with van der Waals surface area (Å²) in [5.41, 5.74) is 2.98. The molecule has 174 valence electrons. The summed E-state index contributed by atoms with van der Waals surface area (Å²) in [4.78, 5) is 27.8. The van der Waals surface area contributed by atoms with Crippen molar-refractivity contribution >= 4 is 34.7 Å². The van der Waals surface area contributed by atoms with Gasteiger partial charge in [0.25, 0.3) is 11.7 Å². The van der Waals surface area contributed by atoms with Crippen molar-refractivity contribution in [1.82, 2.24) is 0 Å². The number of carbonyl (C=O) groups excluding carboxylic acids is 2. The molecule has 0 aromatic heterocycles. The fourth-order valence-electron chi connectivity index (χ4n) is 4.15. The van der Waals surface area contributed by atoms with Gasteiger partial charge in [-0.2, -0.15) is 0 Å². The first kappa shape index (κ1) is 23.7. The maximum absolute atomic E-state index is 13.6. The van der Waals surface area contributed by atoms with E-state index in [1.165, 1.54) is 29.2 Å². The van der Waals surface area contributed by atoms with E-state index in [-0.39, 0.29) is 16.7 Å². The van der Waals surface area contributed by atoms with E-state index < -0.39 is 23.5 Å². The molecule has 1 heterocycles. The number of hydrogen-bond acceptors (Lipinski definition) is 3. The Morgan fingerprint density at radius 1 is 0.971 bits per heavy atom. The molecule has 1 saturated heterocycles. The lowest BCUT2D eigenvalue weighted by Gasteiger charge is -2.26. The van der Waals surface area contributed by atoms with Crippen molar-refractivity contribution in [1.29, 1.82) is 0 Å². The highest BCUT2D eigenvalue weighted by molar-refractivity contribution is 6.51. The summed E-state index contributed by atoms with van der Waals surface area (Å²) in [6.45, 7) is 8.02. The van der Waals surface area contributed by atoms with E-state index in [0.29, 0.717) is 21.8 Å². The lowest BCUT2D eigenvalue weighted by Crippen LogP contribution is -2.29. The van der Waals surface area contributed by atoms with Gasteiger partial charge in [0.05, 0.1) is 11.6 Å². The number of rotatable bonds is 3. The summed E-state index contributed by atoms with van der Waals surface area (Å²) in [5, 5.41) is 12.0. The third-order valence-corrected chi connectivity index (χ3v) is 6.35. The van der Waals surface area contributed by atoms with E-state index in [1.807, 2.05) is 25.1 Å². The number of carbonyl (C=O) groups is 2. The van der Waals surface area contributed by atoms with Crippen LogP contribution in [0.25, 0.3) is 5.76 Å². The summed E-state index contributed by atoms with van der Waals surface area (Å²) in [6.07, 6.45) is 0. The number of amides is 1. The Labute approximate surface area is 203 Å². The molecule has 1 aliphatic heterocycles. The Hall–Kier alpha value is -3.44. The molecule has 4 rings (SSSR count). The summed E-state index contributed by atoms with van der Waals surface area (Å²) in [7, 11) is 0. The van der Waals surface area contributed by atoms with Gasteiger partial charge in [-0.3, -0.25) is 14.5 Å². The molecule has 0 saturated carbocycles. The fraction of sp³-hybridized carbons (Fsp3) is 0.214. The van der Waals surface area contributed by atoms with Crippen molar-refractivity contribution in [2.75, 3.05) is 4.90 Å². The quantitative estimate of drug-likeness (QED) is 0.259. The number of aryl methyl sites for hydroxylation is 1. The van der Waals surface area contributed by atoms with Gasteiger partial charge >= 0.3 is 0 Å². The Morgan fingerprint density at radius 2 is 1.59 bits per heavy atom. The minimum Gasteiger partial charge on any atom is -0.507 e. The van der Waals surface area contributed by atoms with E-state index in [0.717, 1.165) is 11.1 Å². The van der Waals surface area contributed by atoms with Crippen LogP contribution in [0.3, 0.4) is 0 Å². The van der Waals surface area contributed by atoms with Gasteiger partial charge in [-0.05, 0) is 71.5 Å². The Balaban J connectivity index is 1.97. The third-order valence-electron chi connectivity index (χ3n) is 6.09. The monoisotopic (exact) mass is 477 g/mol. The van der Waals surface area contributed by atoms with Gasteiger partial charge in [0, 0.05) is 16.3 Å². The molecule has 1 aliphatic rings. The highest BCUT2D eigenvalue weighted by atomic mass is 35.5. The number of ketones is 1. The highest BCUT2D eigenvalue weighted by Gasteiger charge is 2.47. The van der Waals surface area contributed by atoms with Crippen LogP contribution in [0.1, 0.15) is 49.1 Å². The van der Waals surface area contributed by atoms with Gasteiger partial charge in [0.1, 0.15) is 11.6 Å². The minimum atomic E-state index is -0.902. The molecule has 1 amide bonds. The van der Waals surface area contributed by atoms with Crippen molar-refractivity contribution in [2.45, 2.75) is 39.2 Å². The Bertz CT molecular complexity index is 1300. The van der Waals surface area contributed by atoms with Gasteiger partial charge in [0.15, 0.2) is 0 Å². The number of halogens is 2. The molecule has 4 nitrogen and oxygen atoms in total. The lowest BCUT2D eigenvalue weighted by molar-refractivity contribution is -0.132. The maximum atomic E-state index is 13.6. The second-order valence-electron chi connectivity index (χ2n) is 9.48. The van der Waals surface area contributed by atoms with E-state index in [1.54, 1.807) is 24.3 Å². The number of hydrogen-bond donors (Lipinski definition) is 1. The van der Waals surface area contributed by atoms with Gasteiger partial charge in [-0.1, -0.05) is 56.6 Å². The molecular formula is C28H25ClFNO3. The van der Waals surface area contributed by atoms with E-state index in [4.69, 9.17) is 11.6 Å². The van der Waals surface area contributed by atoms with Crippen LogP contribution in [0, 0.1) is 12.7 Å². The molecule has 1 atom stereocenters. The van der Waals surface area contributed by atoms with Crippen LogP contribution in [0.5, 0.6) is 0 Å². The molecule has 0 bridgehead atoms. The van der Waals surface area contributed by atoms with Crippen LogP contribution in [0.15, 0.2) is 72.3 Å². The molecule has 6 heteroatoms. The van der Waals surface area contributed by atoms with Crippen LogP contribution in [-0.4, -0.2) is 16.8 Å². The predicted molar refractivity (Wildman–Crippen MR) is 133 cm³/mol. The first-order valence-electron chi connectivity index (χ1n) is 10.9. The maximum Gasteiger partial charge on any atom is 0.300 e. The number of anilines is 1. The van der Waals surface area contributed by atoms with Crippen molar-refractivity contribution in [3.63, 3.8) is 0 Å². The summed E-state index contributed by atoms with van der Waals surface area (Å²) < 4.78 is 13.6. The predicted octanol–water partition coefficient (Wildman–Crippen LogP) is 6.71. The van der Waals surface area contributed by atoms with Crippen LogP contribution in [0.2, 0.25) is 5.02 Å². The lowest BCUT2D eigenvalue weighted by atomic mass is 9.84. The van der Waals surface area contributed by atoms with Crippen molar-refractivity contribution in [3.8, 4) is 0 Å². The molecular weight excluding hydrogens is 453 g/mol. The molecule has 1 fully saturated rings. The summed E-state index contributed by atoms with van der Waals surface area (Å²) in [6, 6.07) is 16.9. The van der Waals surface area contributed by atoms with E-state index in [2.05, 4.69) is 20.8 Å². The zero-order valence-electron chi connectivity index (χ0n) is 19.4. The summed E-state index contributed by atoms with van der Waals surface area (Å²) in [5.74, 6) is -2.30. The molecule has 1 unspecified atom stereocenters. The second-order valence-corrected chi connectivity index (χ2v) is 9.91. The number of aliphatic hydroxyl groups is 1. The molecule has 0 spiro atoms. The molecule has 0 aliphatic carbocycles. The van der Waals surface area contributed by atoms with Gasteiger partial charge in [-0.15, -0.1) is 0 Å². The van der Waals surface area contributed by atoms with Crippen LogP contribution in [-0.2, 0) is 15.0 Å². The topological polar surface area (TPSA) is 57.6 Å². The fourth-order valence-corrected chi connectivity index (χ4v) is 4.28. The molecule has 1 N–H and O–H groups in total. The van der Waals surface area contributed by atoms with Crippen LogP contribution in [0.4, 0.5) is 10.1 Å². The number of nitrogens with zero attached hydrogens (tertiary/aromatic N) is 1. The molecule has 34 heavy (non-hydrogen) atoms. The van der Waals surface area contributed by atoms with Gasteiger partial charge < -0.3 is 5.11 Å². The number of aliphatic hydroxyl groups excluding tert-OH is 1. The number of Topliss-reactive ketones (excluding diaryl/α,β-unsaturated/α-hetero) is 1. The van der Waals surface area contributed by atoms with Crippen molar-refractivity contribution in [3.05, 3.63) is 105 Å². The first-order valence-corrected chi connectivity index (χ1v) is 11.3. The largest absolute Gasteiger partial charge is 0.507 e. The molecule has 3 aromatic carbocycles. The van der Waals surface area contributed by atoms with Gasteiger partial charge in [0.2, 0.25) is 0 Å². The highest BCUT2D eigenvalue weighted by Crippen LogP contribution is 2.43. The molecule has 0 radical (unpaired) electrons. The summed E-state index contributed by atoms with van der Waals surface area (Å²) >= 11 is 6.07.